The second-order valence-corrected chi connectivity index (χ2v) is 12.6. The Labute approximate surface area is 263 Å². The molecule has 45 heavy (non-hydrogen) atoms. The molecule has 0 bridgehead atoms. The SMILES string of the molecule is Cc1noc([C@@H](Cc2ccccc2)NC(=O)C(Cc2ccc3ccccc3c2)NC(=O)[C@@H]2CCCN(C(=O)OC(C)(C)C)C2)n1. The second-order valence-electron chi connectivity index (χ2n) is 12.6. The molecule has 3 aromatic carbocycles. The van der Waals surface area contributed by atoms with Gasteiger partial charge in [-0.2, -0.15) is 4.98 Å². The van der Waals surface area contributed by atoms with Crippen molar-refractivity contribution in [3.63, 3.8) is 0 Å². The molecule has 1 aliphatic heterocycles. The molecular formula is C35H41N5O5. The Kier molecular flexibility index (Phi) is 9.80. The molecule has 10 heteroatoms. The smallest absolute Gasteiger partial charge is 0.410 e. The summed E-state index contributed by atoms with van der Waals surface area (Å²) in [6.45, 7) is 7.91. The maximum absolute atomic E-state index is 14.0. The fourth-order valence-electron chi connectivity index (χ4n) is 5.56. The molecule has 1 aliphatic rings. The van der Waals surface area contributed by atoms with Crippen molar-refractivity contribution in [3.8, 4) is 0 Å². The van der Waals surface area contributed by atoms with Crippen LogP contribution in [0.5, 0.6) is 0 Å². The lowest BCUT2D eigenvalue weighted by Gasteiger charge is -2.34. The van der Waals surface area contributed by atoms with Crippen molar-refractivity contribution in [2.75, 3.05) is 13.1 Å². The Balaban J connectivity index is 1.37. The van der Waals surface area contributed by atoms with E-state index < -0.39 is 29.7 Å². The van der Waals surface area contributed by atoms with Gasteiger partial charge in [0, 0.05) is 25.9 Å². The first-order valence-corrected chi connectivity index (χ1v) is 15.4. The van der Waals surface area contributed by atoms with Crippen molar-refractivity contribution in [3.05, 3.63) is 95.6 Å². The number of nitrogens with one attached hydrogen (secondary N) is 2. The van der Waals surface area contributed by atoms with Crippen LogP contribution < -0.4 is 10.6 Å². The van der Waals surface area contributed by atoms with Crippen LogP contribution >= 0.6 is 0 Å². The van der Waals surface area contributed by atoms with Crippen molar-refractivity contribution in [1.29, 1.82) is 0 Å². The number of hydrogen-bond donors (Lipinski definition) is 2. The van der Waals surface area contributed by atoms with E-state index in [1.165, 1.54) is 0 Å². The topological polar surface area (TPSA) is 127 Å². The summed E-state index contributed by atoms with van der Waals surface area (Å²) in [6.07, 6.45) is 1.52. The molecule has 1 aromatic heterocycles. The number of ether oxygens (including phenoxy) is 1. The number of likely N-dealkylation sites (tertiary alicyclic amines) is 1. The fourth-order valence-corrected chi connectivity index (χ4v) is 5.56. The summed E-state index contributed by atoms with van der Waals surface area (Å²) in [6, 6.07) is 22.3. The van der Waals surface area contributed by atoms with Crippen LogP contribution in [-0.4, -0.2) is 57.7 Å². The van der Waals surface area contributed by atoms with Crippen molar-refractivity contribution in [2.45, 2.75) is 71.1 Å². The molecule has 3 atom stereocenters. The number of rotatable bonds is 9. The molecule has 1 unspecified atom stereocenters. The van der Waals surface area contributed by atoms with Gasteiger partial charge in [-0.05, 0) is 62.4 Å². The minimum atomic E-state index is -0.891. The largest absolute Gasteiger partial charge is 0.444 e. The maximum atomic E-state index is 14.0. The Morgan fingerprint density at radius 2 is 1.69 bits per heavy atom. The Bertz CT molecular complexity index is 1630. The quantitative estimate of drug-likeness (QED) is 0.263. The monoisotopic (exact) mass is 611 g/mol. The van der Waals surface area contributed by atoms with Crippen LogP contribution in [0.15, 0.2) is 77.3 Å². The number of aromatic nitrogens is 2. The van der Waals surface area contributed by atoms with Gasteiger partial charge in [-0.25, -0.2) is 4.79 Å². The lowest BCUT2D eigenvalue weighted by atomic mass is 9.95. The standard InChI is InChI=1S/C35H41N5O5/c1-23-36-33(45-39-23)30(20-24-11-6-5-7-12-24)38-32(42)29(21-25-16-17-26-13-8-9-14-27(26)19-25)37-31(41)28-15-10-18-40(22-28)34(43)44-35(2,3)4/h5-9,11-14,16-17,19,28-30H,10,15,18,20-22H2,1-4H3,(H,37,41)(H,38,42)/t28-,29?,30-/m1/s1. The maximum Gasteiger partial charge on any atom is 0.410 e. The number of amides is 3. The Hall–Kier alpha value is -4.73. The van der Waals surface area contributed by atoms with Gasteiger partial charge in [0.15, 0.2) is 5.82 Å². The highest BCUT2D eigenvalue weighted by molar-refractivity contribution is 5.90. The van der Waals surface area contributed by atoms with E-state index in [-0.39, 0.29) is 24.8 Å². The summed E-state index contributed by atoms with van der Waals surface area (Å²) in [7, 11) is 0. The highest BCUT2D eigenvalue weighted by atomic mass is 16.6. The summed E-state index contributed by atoms with van der Waals surface area (Å²) in [5.74, 6) is -0.367. The molecule has 0 aliphatic carbocycles. The van der Waals surface area contributed by atoms with Gasteiger partial charge in [0.25, 0.3) is 0 Å². The van der Waals surface area contributed by atoms with E-state index in [0.29, 0.717) is 37.5 Å². The van der Waals surface area contributed by atoms with Gasteiger partial charge in [0.1, 0.15) is 17.7 Å². The number of aryl methyl sites for hydroxylation is 1. The first-order valence-electron chi connectivity index (χ1n) is 15.4. The molecule has 3 amide bonds. The van der Waals surface area contributed by atoms with E-state index in [9.17, 15) is 14.4 Å². The van der Waals surface area contributed by atoms with Crippen LogP contribution in [-0.2, 0) is 27.2 Å². The first kappa shape index (κ1) is 31.7. The minimum absolute atomic E-state index is 0.225. The van der Waals surface area contributed by atoms with E-state index >= 15 is 0 Å². The fraction of sp³-hybridized carbons (Fsp3) is 0.400. The second kappa shape index (κ2) is 13.9. The summed E-state index contributed by atoms with van der Waals surface area (Å²) in [5, 5.41) is 12.2. The normalized spacial score (nSPS) is 16.5. The van der Waals surface area contributed by atoms with Gasteiger partial charge in [0.2, 0.25) is 17.7 Å². The average molecular weight is 612 g/mol. The number of carbonyl (C=O) groups excluding carboxylic acids is 3. The summed E-state index contributed by atoms with van der Waals surface area (Å²) in [5.41, 5.74) is 1.25. The summed E-state index contributed by atoms with van der Waals surface area (Å²) in [4.78, 5) is 46.5. The first-order chi connectivity index (χ1) is 21.5. The highest BCUT2D eigenvalue weighted by Gasteiger charge is 2.34. The number of piperidine rings is 1. The van der Waals surface area contributed by atoms with Crippen molar-refractivity contribution >= 4 is 28.7 Å². The Morgan fingerprint density at radius 1 is 0.956 bits per heavy atom. The number of nitrogens with zero attached hydrogens (tertiary/aromatic N) is 3. The lowest BCUT2D eigenvalue weighted by Crippen LogP contribution is -2.53. The van der Waals surface area contributed by atoms with Crippen LogP contribution in [0.3, 0.4) is 0 Å². The molecule has 0 saturated carbocycles. The van der Waals surface area contributed by atoms with E-state index in [0.717, 1.165) is 21.9 Å². The third-order valence-electron chi connectivity index (χ3n) is 7.77. The number of benzene rings is 3. The van der Waals surface area contributed by atoms with Crippen molar-refractivity contribution in [2.24, 2.45) is 5.92 Å². The average Bonchev–Trinajstić information content (AvgIpc) is 3.46. The molecule has 0 radical (unpaired) electrons. The molecule has 2 N–H and O–H groups in total. The third-order valence-corrected chi connectivity index (χ3v) is 7.77. The molecule has 0 spiro atoms. The zero-order valence-electron chi connectivity index (χ0n) is 26.3. The van der Waals surface area contributed by atoms with Crippen LogP contribution in [0.1, 0.15) is 62.5 Å². The van der Waals surface area contributed by atoms with Gasteiger partial charge >= 0.3 is 6.09 Å². The molecule has 5 rings (SSSR count). The van der Waals surface area contributed by atoms with Gasteiger partial charge in [0.05, 0.1) is 5.92 Å². The van der Waals surface area contributed by atoms with Crippen molar-refractivity contribution in [1.82, 2.24) is 25.7 Å². The number of carbonyl (C=O) groups is 3. The third kappa shape index (κ3) is 8.68. The predicted octanol–water partition coefficient (Wildman–Crippen LogP) is 5.31. The summed E-state index contributed by atoms with van der Waals surface area (Å²) >= 11 is 0. The zero-order chi connectivity index (χ0) is 32.0. The molecule has 1 fully saturated rings. The van der Waals surface area contributed by atoms with Crippen LogP contribution in [0.2, 0.25) is 0 Å². The van der Waals surface area contributed by atoms with Gasteiger partial charge in [-0.1, -0.05) is 78.0 Å². The molecule has 4 aromatic rings. The van der Waals surface area contributed by atoms with E-state index in [1.807, 2.05) is 93.6 Å². The minimum Gasteiger partial charge on any atom is -0.444 e. The van der Waals surface area contributed by atoms with Crippen molar-refractivity contribution < 1.29 is 23.6 Å². The van der Waals surface area contributed by atoms with Crippen LogP contribution in [0.4, 0.5) is 4.79 Å². The summed E-state index contributed by atoms with van der Waals surface area (Å²) < 4.78 is 11.0. The molecule has 1 saturated heterocycles. The number of fused-ring (bicyclic) bond motifs is 1. The van der Waals surface area contributed by atoms with Crippen LogP contribution in [0.25, 0.3) is 10.8 Å². The molecule has 236 valence electrons. The molecule has 2 heterocycles. The lowest BCUT2D eigenvalue weighted by molar-refractivity contribution is -0.132. The van der Waals surface area contributed by atoms with E-state index in [4.69, 9.17) is 9.26 Å². The highest BCUT2D eigenvalue weighted by Crippen LogP contribution is 2.22. The van der Waals surface area contributed by atoms with Gasteiger partial charge in [-0.3, -0.25) is 9.59 Å². The van der Waals surface area contributed by atoms with Gasteiger partial charge < -0.3 is 24.8 Å². The molecular weight excluding hydrogens is 570 g/mol. The molecule has 10 nitrogen and oxygen atoms in total. The van der Waals surface area contributed by atoms with Gasteiger partial charge in [-0.15, -0.1) is 0 Å². The Morgan fingerprint density at radius 3 is 2.40 bits per heavy atom. The zero-order valence-corrected chi connectivity index (χ0v) is 26.3. The number of hydrogen-bond acceptors (Lipinski definition) is 7. The van der Waals surface area contributed by atoms with E-state index in [2.05, 4.69) is 20.8 Å². The van der Waals surface area contributed by atoms with E-state index in [1.54, 1.807) is 11.8 Å². The predicted molar refractivity (Wildman–Crippen MR) is 170 cm³/mol. The van der Waals surface area contributed by atoms with Crippen LogP contribution in [0, 0.1) is 12.8 Å².